The Balaban J connectivity index is 2.30. The molecule has 1 atom stereocenters. The molecule has 1 N–H and O–H groups in total. The Morgan fingerprint density at radius 2 is 2.07 bits per heavy atom. The van der Waals surface area contributed by atoms with Crippen molar-refractivity contribution in [2.75, 3.05) is 32.7 Å². The molecule has 0 saturated carbocycles. The molecule has 1 saturated heterocycles. The van der Waals surface area contributed by atoms with Crippen LogP contribution in [0.2, 0.25) is 0 Å². The molecule has 1 fully saturated rings. The first-order valence-electron chi connectivity index (χ1n) is 5.28. The predicted molar refractivity (Wildman–Crippen MR) is 58.6 cm³/mol. The van der Waals surface area contributed by atoms with Crippen LogP contribution in [0.4, 0.5) is 0 Å². The molecular formula is C11H18N2O2. The van der Waals surface area contributed by atoms with Gasteiger partial charge in [0.2, 0.25) is 0 Å². The number of aliphatic carboxylic acids is 1. The van der Waals surface area contributed by atoms with Crippen LogP contribution >= 0.6 is 0 Å². The van der Waals surface area contributed by atoms with Gasteiger partial charge in [0.05, 0.1) is 0 Å². The Kier molecular flexibility index (Phi) is 4.60. The van der Waals surface area contributed by atoms with Gasteiger partial charge in [0.15, 0.2) is 0 Å². The number of rotatable bonds is 4. The summed E-state index contributed by atoms with van der Waals surface area (Å²) in [4.78, 5) is 15.0. The van der Waals surface area contributed by atoms with Gasteiger partial charge in [-0.1, -0.05) is 0 Å². The van der Waals surface area contributed by atoms with Crippen molar-refractivity contribution in [3.63, 3.8) is 0 Å². The van der Waals surface area contributed by atoms with Gasteiger partial charge in [-0.05, 0) is 6.92 Å². The zero-order valence-corrected chi connectivity index (χ0v) is 9.15. The Hall–Kier alpha value is -1.05. The molecule has 0 aromatic rings. The van der Waals surface area contributed by atoms with Crippen molar-refractivity contribution in [2.24, 2.45) is 0 Å². The van der Waals surface area contributed by atoms with E-state index in [9.17, 15) is 4.79 Å². The molecule has 1 unspecified atom stereocenters. The lowest BCUT2D eigenvalue weighted by Crippen LogP contribution is -2.51. The van der Waals surface area contributed by atoms with Gasteiger partial charge in [0.25, 0.3) is 0 Å². The molecule has 0 radical (unpaired) electrons. The summed E-state index contributed by atoms with van der Waals surface area (Å²) in [6, 6.07) is -0.375. The van der Waals surface area contributed by atoms with Gasteiger partial charge in [0.1, 0.15) is 6.04 Å². The number of carboxylic acid groups (broad SMARTS) is 1. The molecule has 0 aromatic carbocycles. The highest BCUT2D eigenvalue weighted by atomic mass is 16.4. The molecule has 1 aliphatic rings. The van der Waals surface area contributed by atoms with Crippen LogP contribution in [0.1, 0.15) is 13.3 Å². The number of nitrogens with zero attached hydrogens (tertiary/aromatic N) is 2. The lowest BCUT2D eigenvalue weighted by Gasteiger charge is -2.36. The molecule has 4 nitrogen and oxygen atoms in total. The van der Waals surface area contributed by atoms with E-state index in [2.05, 4.69) is 10.8 Å². The zero-order valence-electron chi connectivity index (χ0n) is 9.15. The third kappa shape index (κ3) is 3.54. The van der Waals surface area contributed by atoms with Crippen molar-refractivity contribution in [1.82, 2.24) is 9.80 Å². The first kappa shape index (κ1) is 12.0. The largest absolute Gasteiger partial charge is 0.480 e. The molecule has 1 rings (SSSR count). The van der Waals surface area contributed by atoms with Crippen molar-refractivity contribution < 1.29 is 9.90 Å². The maximum absolute atomic E-state index is 10.8. The first-order valence-corrected chi connectivity index (χ1v) is 5.28. The molecular weight excluding hydrogens is 192 g/mol. The van der Waals surface area contributed by atoms with E-state index in [-0.39, 0.29) is 6.04 Å². The average molecular weight is 210 g/mol. The summed E-state index contributed by atoms with van der Waals surface area (Å²) in [5.41, 5.74) is 0. The molecule has 1 aliphatic heterocycles. The van der Waals surface area contributed by atoms with Gasteiger partial charge in [-0.15, -0.1) is 12.3 Å². The van der Waals surface area contributed by atoms with Crippen LogP contribution in [-0.2, 0) is 4.79 Å². The zero-order chi connectivity index (χ0) is 11.3. The minimum atomic E-state index is -0.743. The third-order valence-electron chi connectivity index (χ3n) is 2.88. The van der Waals surface area contributed by atoms with E-state index in [1.54, 1.807) is 6.92 Å². The molecule has 4 heteroatoms. The normalized spacial score (nSPS) is 20.8. The van der Waals surface area contributed by atoms with Gasteiger partial charge in [0, 0.05) is 39.1 Å². The average Bonchev–Trinajstić information content (AvgIpc) is 2.26. The van der Waals surface area contributed by atoms with Crippen molar-refractivity contribution in [1.29, 1.82) is 0 Å². The van der Waals surface area contributed by atoms with E-state index in [0.717, 1.165) is 39.1 Å². The molecule has 0 amide bonds. The van der Waals surface area contributed by atoms with Crippen LogP contribution < -0.4 is 0 Å². The van der Waals surface area contributed by atoms with Gasteiger partial charge >= 0.3 is 5.97 Å². The summed E-state index contributed by atoms with van der Waals surface area (Å²) in [7, 11) is 0. The SMILES string of the molecule is C#CCCN1CCN(C(C)C(=O)O)CC1. The summed E-state index contributed by atoms with van der Waals surface area (Å²) < 4.78 is 0. The fraction of sp³-hybridized carbons (Fsp3) is 0.727. The molecule has 0 aliphatic carbocycles. The lowest BCUT2D eigenvalue weighted by molar-refractivity contribution is -0.143. The van der Waals surface area contributed by atoms with Crippen LogP contribution in [0, 0.1) is 12.3 Å². The monoisotopic (exact) mass is 210 g/mol. The van der Waals surface area contributed by atoms with Crippen molar-refractivity contribution in [3.05, 3.63) is 0 Å². The van der Waals surface area contributed by atoms with Gasteiger partial charge in [-0.2, -0.15) is 0 Å². The fourth-order valence-corrected chi connectivity index (χ4v) is 1.75. The molecule has 84 valence electrons. The second kappa shape index (κ2) is 5.74. The van der Waals surface area contributed by atoms with Gasteiger partial charge in [-0.25, -0.2) is 0 Å². The van der Waals surface area contributed by atoms with Crippen LogP contribution in [0.3, 0.4) is 0 Å². The summed E-state index contributed by atoms with van der Waals surface area (Å²) in [5, 5.41) is 8.86. The van der Waals surface area contributed by atoms with Gasteiger partial charge in [-0.3, -0.25) is 14.6 Å². The third-order valence-corrected chi connectivity index (χ3v) is 2.88. The standard InChI is InChI=1S/C11H18N2O2/c1-3-4-5-12-6-8-13(9-7-12)10(2)11(14)15/h1,10H,4-9H2,2H3,(H,14,15). The van der Waals surface area contributed by atoms with E-state index in [4.69, 9.17) is 11.5 Å². The number of terminal acetylenes is 1. The second-order valence-corrected chi connectivity index (χ2v) is 3.85. The summed E-state index contributed by atoms with van der Waals surface area (Å²) in [5.74, 6) is 1.87. The van der Waals surface area contributed by atoms with E-state index in [1.807, 2.05) is 4.90 Å². The van der Waals surface area contributed by atoms with E-state index < -0.39 is 5.97 Å². The van der Waals surface area contributed by atoms with Crippen molar-refractivity contribution in [2.45, 2.75) is 19.4 Å². The minimum absolute atomic E-state index is 0.375. The minimum Gasteiger partial charge on any atom is -0.480 e. The Morgan fingerprint density at radius 1 is 1.47 bits per heavy atom. The van der Waals surface area contributed by atoms with E-state index in [1.165, 1.54) is 0 Å². The lowest BCUT2D eigenvalue weighted by atomic mass is 10.2. The summed E-state index contributed by atoms with van der Waals surface area (Å²) in [6.07, 6.45) is 5.97. The Morgan fingerprint density at radius 3 is 2.53 bits per heavy atom. The number of hydrogen-bond donors (Lipinski definition) is 1. The highest BCUT2D eigenvalue weighted by Gasteiger charge is 2.24. The second-order valence-electron chi connectivity index (χ2n) is 3.85. The number of carbonyl (C=O) groups is 1. The first-order chi connectivity index (χ1) is 7.15. The summed E-state index contributed by atoms with van der Waals surface area (Å²) >= 11 is 0. The molecule has 0 aromatic heterocycles. The maximum Gasteiger partial charge on any atom is 0.320 e. The highest BCUT2D eigenvalue weighted by molar-refractivity contribution is 5.72. The Bertz CT molecular complexity index is 252. The number of carboxylic acids is 1. The van der Waals surface area contributed by atoms with Crippen molar-refractivity contribution in [3.8, 4) is 12.3 Å². The van der Waals surface area contributed by atoms with E-state index >= 15 is 0 Å². The van der Waals surface area contributed by atoms with Gasteiger partial charge < -0.3 is 5.11 Å². The van der Waals surface area contributed by atoms with Crippen LogP contribution in [-0.4, -0.2) is 59.6 Å². The predicted octanol–water partition coefficient (Wildman–Crippen LogP) is 0.100. The van der Waals surface area contributed by atoms with Crippen molar-refractivity contribution >= 4 is 5.97 Å². The van der Waals surface area contributed by atoms with Crippen LogP contribution in [0.15, 0.2) is 0 Å². The Labute approximate surface area is 90.9 Å². The topological polar surface area (TPSA) is 43.8 Å². The van der Waals surface area contributed by atoms with Crippen LogP contribution in [0.5, 0.6) is 0 Å². The number of piperazine rings is 1. The fourth-order valence-electron chi connectivity index (χ4n) is 1.75. The maximum atomic E-state index is 10.8. The quantitative estimate of drug-likeness (QED) is 0.668. The summed E-state index contributed by atoms with van der Waals surface area (Å²) in [6.45, 7) is 6.12. The molecule has 1 heterocycles. The van der Waals surface area contributed by atoms with Crippen LogP contribution in [0.25, 0.3) is 0 Å². The molecule has 15 heavy (non-hydrogen) atoms. The molecule has 0 spiro atoms. The molecule has 0 bridgehead atoms. The van der Waals surface area contributed by atoms with E-state index in [0.29, 0.717) is 0 Å². The smallest absolute Gasteiger partial charge is 0.320 e. The number of hydrogen-bond acceptors (Lipinski definition) is 3. The highest BCUT2D eigenvalue weighted by Crippen LogP contribution is 2.06.